The van der Waals surface area contributed by atoms with Crippen LogP contribution in [0, 0.1) is 0 Å². The number of carbonyl (C=O) groups excluding carboxylic acids is 2. The molecule has 0 heterocycles. The van der Waals surface area contributed by atoms with Gasteiger partial charge in [-0.25, -0.2) is 10.6 Å². The molecule has 0 saturated heterocycles. The number of amides is 2. The molecule has 2 N–H and O–H groups in total. The molecule has 0 fully saturated rings. The maximum atomic E-state index is 11.2. The lowest BCUT2D eigenvalue weighted by Crippen LogP contribution is -2.45. The monoisotopic (exact) mass is 200 g/mol. The first-order valence-corrected chi connectivity index (χ1v) is 4.13. The van der Waals surface area contributed by atoms with Crippen molar-refractivity contribution in [1.29, 1.82) is 0 Å². The van der Waals surface area contributed by atoms with Gasteiger partial charge in [-0.1, -0.05) is 6.58 Å². The van der Waals surface area contributed by atoms with Crippen molar-refractivity contribution in [3.05, 3.63) is 12.2 Å². The third-order valence-electron chi connectivity index (χ3n) is 1.17. The lowest BCUT2D eigenvalue weighted by molar-refractivity contribution is -0.126. The molecule has 0 atom stereocenters. The molecule has 0 aliphatic rings. The van der Waals surface area contributed by atoms with Crippen molar-refractivity contribution in [1.82, 2.24) is 5.01 Å². The van der Waals surface area contributed by atoms with Gasteiger partial charge in [-0.2, -0.15) is 5.01 Å². The summed E-state index contributed by atoms with van der Waals surface area (Å²) in [7, 11) is 0. The van der Waals surface area contributed by atoms with Crippen molar-refractivity contribution >= 4 is 12.0 Å². The molecule has 0 rings (SSSR count). The molecule has 0 spiro atoms. The van der Waals surface area contributed by atoms with Crippen LogP contribution in [0.1, 0.15) is 27.7 Å². The number of hydrogen-bond donors (Lipinski definition) is 1. The van der Waals surface area contributed by atoms with Gasteiger partial charge in [-0.3, -0.25) is 4.79 Å². The van der Waals surface area contributed by atoms with Crippen LogP contribution < -0.4 is 5.84 Å². The van der Waals surface area contributed by atoms with Crippen LogP contribution in [0.3, 0.4) is 0 Å². The van der Waals surface area contributed by atoms with Crippen LogP contribution in [-0.2, 0) is 9.53 Å². The number of nitrogens with two attached hydrogens (primary N) is 1. The zero-order valence-electron chi connectivity index (χ0n) is 8.96. The van der Waals surface area contributed by atoms with Crippen LogP contribution in [0.4, 0.5) is 4.79 Å². The molecule has 0 unspecified atom stereocenters. The van der Waals surface area contributed by atoms with Gasteiger partial charge in [-0.05, 0) is 27.7 Å². The van der Waals surface area contributed by atoms with Crippen LogP contribution in [0.5, 0.6) is 0 Å². The molecule has 80 valence electrons. The van der Waals surface area contributed by atoms with E-state index in [0.717, 1.165) is 0 Å². The van der Waals surface area contributed by atoms with E-state index in [1.165, 1.54) is 6.92 Å². The summed E-state index contributed by atoms with van der Waals surface area (Å²) in [5.74, 6) is 4.56. The minimum absolute atomic E-state index is 0.179. The Morgan fingerprint density at radius 2 is 1.79 bits per heavy atom. The van der Waals surface area contributed by atoms with E-state index in [2.05, 4.69) is 6.58 Å². The smallest absolute Gasteiger partial charge is 0.432 e. The Kier molecular flexibility index (Phi) is 3.82. The first-order chi connectivity index (χ1) is 6.15. The minimum atomic E-state index is -0.884. The zero-order valence-corrected chi connectivity index (χ0v) is 8.96. The summed E-state index contributed by atoms with van der Waals surface area (Å²) in [4.78, 5) is 22.4. The van der Waals surface area contributed by atoms with Gasteiger partial charge in [0.15, 0.2) is 0 Å². The molecule has 0 radical (unpaired) electrons. The second kappa shape index (κ2) is 4.23. The van der Waals surface area contributed by atoms with E-state index < -0.39 is 17.6 Å². The first-order valence-electron chi connectivity index (χ1n) is 4.13. The Labute approximate surface area is 83.5 Å². The van der Waals surface area contributed by atoms with Crippen molar-refractivity contribution in [2.24, 2.45) is 5.84 Å². The molecule has 14 heavy (non-hydrogen) atoms. The van der Waals surface area contributed by atoms with Gasteiger partial charge in [0, 0.05) is 5.57 Å². The van der Waals surface area contributed by atoms with Crippen LogP contribution in [0.2, 0.25) is 0 Å². The zero-order chi connectivity index (χ0) is 11.5. The molecular weight excluding hydrogens is 184 g/mol. The lowest BCUT2D eigenvalue weighted by Gasteiger charge is -2.23. The second-order valence-electron chi connectivity index (χ2n) is 3.94. The average molecular weight is 200 g/mol. The van der Waals surface area contributed by atoms with Gasteiger partial charge in [0.1, 0.15) is 5.60 Å². The fourth-order valence-electron chi connectivity index (χ4n) is 0.600. The maximum absolute atomic E-state index is 11.2. The predicted octanol–water partition coefficient (Wildman–Crippen LogP) is 1.20. The molecule has 5 heteroatoms. The van der Waals surface area contributed by atoms with E-state index in [4.69, 9.17) is 10.6 Å². The van der Waals surface area contributed by atoms with E-state index in [0.29, 0.717) is 5.01 Å². The van der Waals surface area contributed by atoms with E-state index in [-0.39, 0.29) is 5.57 Å². The Balaban J connectivity index is 4.42. The summed E-state index contributed by atoms with van der Waals surface area (Å²) in [5, 5.41) is 0.410. The summed E-state index contributed by atoms with van der Waals surface area (Å²) in [6.07, 6.45) is -0.884. The molecule has 0 aliphatic heterocycles. The van der Waals surface area contributed by atoms with Gasteiger partial charge >= 0.3 is 6.09 Å². The van der Waals surface area contributed by atoms with Gasteiger partial charge in [0.25, 0.3) is 5.91 Å². The molecule has 0 saturated carbocycles. The average Bonchev–Trinajstić information content (AvgIpc) is 1.98. The van der Waals surface area contributed by atoms with Gasteiger partial charge in [-0.15, -0.1) is 0 Å². The van der Waals surface area contributed by atoms with Crippen LogP contribution in [0.15, 0.2) is 12.2 Å². The molecule has 0 bridgehead atoms. The van der Waals surface area contributed by atoms with E-state index in [9.17, 15) is 9.59 Å². The third kappa shape index (κ3) is 4.04. The molecule has 0 aliphatic carbocycles. The second-order valence-corrected chi connectivity index (χ2v) is 3.94. The highest BCUT2D eigenvalue weighted by atomic mass is 16.6. The van der Waals surface area contributed by atoms with E-state index in [1.54, 1.807) is 20.8 Å². The summed E-state index contributed by atoms with van der Waals surface area (Å²) in [6.45, 7) is 9.89. The number of hydrazine groups is 1. The Bertz CT molecular complexity index is 266. The lowest BCUT2D eigenvalue weighted by atomic mass is 10.2. The normalized spacial score (nSPS) is 10.6. The van der Waals surface area contributed by atoms with Crippen LogP contribution in [0.25, 0.3) is 0 Å². The summed E-state index contributed by atoms with van der Waals surface area (Å²) in [5.41, 5.74) is -0.497. The largest absolute Gasteiger partial charge is 0.442 e. The summed E-state index contributed by atoms with van der Waals surface area (Å²) >= 11 is 0. The Morgan fingerprint density at radius 3 is 2.07 bits per heavy atom. The number of hydrogen-bond acceptors (Lipinski definition) is 4. The number of nitrogens with zero attached hydrogens (tertiary/aromatic N) is 1. The fourth-order valence-corrected chi connectivity index (χ4v) is 0.600. The van der Waals surface area contributed by atoms with Crippen molar-refractivity contribution in [2.75, 3.05) is 0 Å². The SMILES string of the molecule is C=C(C)C(=O)N(N)C(=O)OC(C)(C)C. The van der Waals surface area contributed by atoms with E-state index >= 15 is 0 Å². The van der Waals surface area contributed by atoms with Crippen LogP contribution in [-0.4, -0.2) is 22.6 Å². The molecule has 2 amide bonds. The topological polar surface area (TPSA) is 72.6 Å². The Hall–Kier alpha value is -1.36. The quantitative estimate of drug-likeness (QED) is 0.299. The maximum Gasteiger partial charge on any atom is 0.432 e. The predicted molar refractivity (Wildman–Crippen MR) is 52.1 cm³/mol. The third-order valence-corrected chi connectivity index (χ3v) is 1.17. The number of carbonyl (C=O) groups is 2. The fraction of sp³-hybridized carbons (Fsp3) is 0.556. The van der Waals surface area contributed by atoms with Crippen LogP contribution >= 0.6 is 0 Å². The van der Waals surface area contributed by atoms with Gasteiger partial charge in [0.2, 0.25) is 0 Å². The first kappa shape index (κ1) is 12.6. The summed E-state index contributed by atoms with van der Waals surface area (Å²) in [6, 6.07) is 0. The van der Waals surface area contributed by atoms with Gasteiger partial charge in [0.05, 0.1) is 0 Å². The highest BCUT2D eigenvalue weighted by Crippen LogP contribution is 2.09. The van der Waals surface area contributed by atoms with Gasteiger partial charge < -0.3 is 4.74 Å². The van der Waals surface area contributed by atoms with Crippen molar-refractivity contribution in [3.63, 3.8) is 0 Å². The van der Waals surface area contributed by atoms with Crippen molar-refractivity contribution in [3.8, 4) is 0 Å². The highest BCUT2D eigenvalue weighted by Gasteiger charge is 2.24. The molecular formula is C9H16N2O3. The molecule has 5 nitrogen and oxygen atoms in total. The number of ether oxygens (including phenoxy) is 1. The molecule has 0 aromatic heterocycles. The Morgan fingerprint density at radius 1 is 1.36 bits per heavy atom. The van der Waals surface area contributed by atoms with E-state index in [1.807, 2.05) is 0 Å². The minimum Gasteiger partial charge on any atom is -0.442 e. The molecule has 0 aromatic carbocycles. The van der Waals surface area contributed by atoms with Crippen molar-refractivity contribution in [2.45, 2.75) is 33.3 Å². The standard InChI is InChI=1S/C9H16N2O3/c1-6(2)7(12)11(10)8(13)14-9(3,4)5/h1,10H2,2-5H3. The number of imide groups is 1. The van der Waals surface area contributed by atoms with Crippen molar-refractivity contribution < 1.29 is 14.3 Å². The molecule has 0 aromatic rings. The summed E-state index contributed by atoms with van der Waals surface area (Å²) < 4.78 is 4.87. The number of rotatable bonds is 1. The highest BCUT2D eigenvalue weighted by molar-refractivity contribution is 6.00.